The lowest BCUT2D eigenvalue weighted by Gasteiger charge is -2.20. The first-order valence-corrected chi connectivity index (χ1v) is 6.93. The first-order chi connectivity index (χ1) is 9.38. The van der Waals surface area contributed by atoms with Crippen LogP contribution in [0.15, 0.2) is 29.4 Å². The number of carbonyl (C=O) groups is 1. The van der Waals surface area contributed by atoms with Crippen molar-refractivity contribution in [1.82, 2.24) is 0 Å². The Morgan fingerprint density at radius 2 is 2.20 bits per heavy atom. The van der Waals surface area contributed by atoms with E-state index in [0.29, 0.717) is 17.6 Å². The fraction of sp³-hybridized carbons (Fsp3) is 0.500. The van der Waals surface area contributed by atoms with Crippen LogP contribution >= 0.6 is 11.8 Å². The molecule has 0 saturated heterocycles. The molecule has 1 aromatic rings. The van der Waals surface area contributed by atoms with Crippen molar-refractivity contribution >= 4 is 17.7 Å². The maximum atomic E-state index is 12.7. The number of rotatable bonds is 5. The Labute approximate surface area is 117 Å². The van der Waals surface area contributed by atoms with Crippen LogP contribution in [0.1, 0.15) is 12.8 Å². The minimum atomic E-state index is -4.54. The second kappa shape index (κ2) is 5.90. The molecule has 0 aromatic carbocycles. The van der Waals surface area contributed by atoms with Crippen molar-refractivity contribution in [2.24, 2.45) is 5.92 Å². The molecule has 0 aliphatic heterocycles. The standard InChI is InChI=1S/C12H12F3NO3S/c13-12(14,15)11(8-4-5-8)19-10(17)7-20-9-3-1-2-6-16(9)18/h1-3,6,8,11H,4-5,7H2. The van der Waals surface area contributed by atoms with E-state index in [1.165, 1.54) is 18.3 Å². The normalized spacial score (nSPS) is 16.8. The lowest BCUT2D eigenvalue weighted by atomic mass is 10.2. The zero-order valence-electron chi connectivity index (χ0n) is 10.3. The van der Waals surface area contributed by atoms with Gasteiger partial charge in [-0.15, -0.1) is 0 Å². The number of aromatic nitrogens is 1. The summed E-state index contributed by atoms with van der Waals surface area (Å²) in [7, 11) is 0. The van der Waals surface area contributed by atoms with Crippen molar-refractivity contribution in [2.75, 3.05) is 5.75 Å². The van der Waals surface area contributed by atoms with E-state index >= 15 is 0 Å². The number of ether oxygens (including phenoxy) is 1. The molecule has 1 unspecified atom stereocenters. The maximum Gasteiger partial charge on any atom is 0.425 e. The SMILES string of the molecule is O=C(CSc1cccc[n+]1[O-])OC(C1CC1)C(F)(F)F. The molecule has 0 radical (unpaired) electrons. The van der Waals surface area contributed by atoms with Crippen LogP contribution < -0.4 is 4.73 Å². The maximum absolute atomic E-state index is 12.7. The van der Waals surface area contributed by atoms with Crippen molar-refractivity contribution in [3.63, 3.8) is 0 Å². The molecule has 0 amide bonds. The van der Waals surface area contributed by atoms with E-state index in [1.807, 2.05) is 0 Å². The van der Waals surface area contributed by atoms with Gasteiger partial charge in [-0.1, -0.05) is 0 Å². The van der Waals surface area contributed by atoms with Gasteiger partial charge in [0.25, 0.3) is 5.03 Å². The Morgan fingerprint density at radius 1 is 1.50 bits per heavy atom. The lowest BCUT2D eigenvalue weighted by molar-refractivity contribution is -0.645. The van der Waals surface area contributed by atoms with Crippen LogP contribution in [0.4, 0.5) is 13.2 Å². The zero-order valence-corrected chi connectivity index (χ0v) is 11.1. The van der Waals surface area contributed by atoms with Gasteiger partial charge in [0.1, 0.15) is 5.75 Å². The smallest absolute Gasteiger partial charge is 0.425 e. The summed E-state index contributed by atoms with van der Waals surface area (Å²) >= 11 is 0.848. The Bertz CT molecular complexity index is 491. The van der Waals surface area contributed by atoms with Gasteiger partial charge in [0, 0.05) is 18.1 Å². The van der Waals surface area contributed by atoms with Crippen LogP contribution in [-0.4, -0.2) is 24.0 Å². The van der Waals surface area contributed by atoms with Crippen LogP contribution in [0, 0.1) is 11.1 Å². The number of hydrogen-bond acceptors (Lipinski definition) is 4. The fourth-order valence-electron chi connectivity index (χ4n) is 1.66. The van der Waals surface area contributed by atoms with Crippen molar-refractivity contribution in [3.05, 3.63) is 29.6 Å². The molecule has 0 spiro atoms. The third kappa shape index (κ3) is 4.03. The molecule has 1 saturated carbocycles. The van der Waals surface area contributed by atoms with E-state index in [0.717, 1.165) is 11.8 Å². The molecule has 8 heteroatoms. The zero-order chi connectivity index (χ0) is 14.8. The van der Waals surface area contributed by atoms with Gasteiger partial charge in [0.2, 0.25) is 0 Å². The van der Waals surface area contributed by atoms with Crippen molar-refractivity contribution in [3.8, 4) is 0 Å². The highest BCUT2D eigenvalue weighted by atomic mass is 32.2. The van der Waals surface area contributed by atoms with Gasteiger partial charge < -0.3 is 9.94 Å². The highest BCUT2D eigenvalue weighted by Gasteiger charge is 2.51. The Kier molecular flexibility index (Phi) is 4.42. The molecular weight excluding hydrogens is 295 g/mol. The molecular formula is C12H12F3NO3S. The molecule has 2 rings (SSSR count). The minimum absolute atomic E-state index is 0.236. The largest absolute Gasteiger partial charge is 0.618 e. The van der Waals surface area contributed by atoms with Gasteiger partial charge in [-0.2, -0.15) is 17.9 Å². The summed E-state index contributed by atoms with van der Waals surface area (Å²) in [5, 5.41) is 11.5. The number of esters is 1. The van der Waals surface area contributed by atoms with E-state index in [-0.39, 0.29) is 10.8 Å². The molecule has 0 bridgehead atoms. The molecule has 20 heavy (non-hydrogen) atoms. The van der Waals surface area contributed by atoms with Crippen LogP contribution in [0.2, 0.25) is 0 Å². The van der Waals surface area contributed by atoms with Crippen LogP contribution in [0.25, 0.3) is 0 Å². The summed E-state index contributed by atoms with van der Waals surface area (Å²) in [6, 6.07) is 4.60. The number of halogens is 3. The lowest BCUT2D eigenvalue weighted by Crippen LogP contribution is -2.36. The summed E-state index contributed by atoms with van der Waals surface area (Å²) in [6.45, 7) is 0. The molecule has 1 fully saturated rings. The number of thioether (sulfide) groups is 1. The van der Waals surface area contributed by atoms with E-state index in [9.17, 15) is 23.2 Å². The summed E-state index contributed by atoms with van der Waals surface area (Å²) in [5.41, 5.74) is 0. The van der Waals surface area contributed by atoms with Crippen molar-refractivity contribution in [2.45, 2.75) is 30.1 Å². The van der Waals surface area contributed by atoms with Gasteiger partial charge in [-0.3, -0.25) is 4.79 Å². The predicted molar refractivity (Wildman–Crippen MR) is 64.8 cm³/mol. The van der Waals surface area contributed by atoms with Gasteiger partial charge in [-0.25, -0.2) is 0 Å². The van der Waals surface area contributed by atoms with Gasteiger partial charge in [0.05, 0.1) is 0 Å². The quantitative estimate of drug-likeness (QED) is 0.362. The highest BCUT2D eigenvalue weighted by molar-refractivity contribution is 7.99. The number of alkyl halides is 3. The van der Waals surface area contributed by atoms with E-state index in [2.05, 4.69) is 4.74 Å². The molecule has 1 aromatic heterocycles. The minimum Gasteiger partial charge on any atom is -0.618 e. The molecule has 0 N–H and O–H groups in total. The first kappa shape index (κ1) is 15.0. The second-order valence-corrected chi connectivity index (χ2v) is 5.44. The number of hydrogen-bond donors (Lipinski definition) is 0. The summed E-state index contributed by atoms with van der Waals surface area (Å²) in [6.07, 6.45) is -4.47. The molecule has 1 aliphatic rings. The summed E-state index contributed by atoms with van der Waals surface area (Å²) < 4.78 is 43.0. The van der Waals surface area contributed by atoms with E-state index in [1.54, 1.807) is 6.07 Å². The number of pyridine rings is 1. The van der Waals surface area contributed by atoms with Gasteiger partial charge in [0.15, 0.2) is 12.3 Å². The first-order valence-electron chi connectivity index (χ1n) is 5.95. The van der Waals surface area contributed by atoms with Crippen molar-refractivity contribution in [1.29, 1.82) is 0 Å². The highest BCUT2D eigenvalue weighted by Crippen LogP contribution is 2.42. The van der Waals surface area contributed by atoms with Crippen LogP contribution in [0.5, 0.6) is 0 Å². The van der Waals surface area contributed by atoms with Gasteiger partial charge in [-0.05, 0) is 30.7 Å². The average molecular weight is 307 g/mol. The molecule has 1 aliphatic carbocycles. The Balaban J connectivity index is 1.87. The summed E-state index contributed by atoms with van der Waals surface area (Å²) in [4.78, 5) is 11.5. The number of carbonyl (C=O) groups excluding carboxylic acids is 1. The van der Waals surface area contributed by atoms with Crippen LogP contribution in [0.3, 0.4) is 0 Å². The Hall–Kier alpha value is -1.44. The fourth-order valence-corrected chi connectivity index (χ4v) is 2.36. The average Bonchev–Trinajstić information content (AvgIpc) is 3.18. The van der Waals surface area contributed by atoms with E-state index < -0.39 is 24.2 Å². The third-order valence-electron chi connectivity index (χ3n) is 2.76. The topological polar surface area (TPSA) is 53.2 Å². The Morgan fingerprint density at radius 3 is 2.75 bits per heavy atom. The van der Waals surface area contributed by atoms with Gasteiger partial charge >= 0.3 is 12.1 Å². The molecule has 110 valence electrons. The third-order valence-corrected chi connectivity index (χ3v) is 3.75. The molecule has 1 heterocycles. The monoisotopic (exact) mass is 307 g/mol. The van der Waals surface area contributed by atoms with E-state index in [4.69, 9.17) is 0 Å². The molecule has 1 atom stereocenters. The summed E-state index contributed by atoms with van der Waals surface area (Å²) in [5.74, 6) is -1.91. The van der Waals surface area contributed by atoms with Crippen LogP contribution in [-0.2, 0) is 9.53 Å². The number of nitrogens with zero attached hydrogens (tertiary/aromatic N) is 1. The van der Waals surface area contributed by atoms with Crippen molar-refractivity contribution < 1.29 is 27.4 Å². The second-order valence-electron chi connectivity index (χ2n) is 4.44. The predicted octanol–water partition coefficient (Wildman–Crippen LogP) is 2.30. The molecule has 4 nitrogen and oxygen atoms in total.